The summed E-state index contributed by atoms with van der Waals surface area (Å²) in [5.41, 5.74) is 6.49. The number of nitrogens with two attached hydrogens (primary N) is 1. The highest BCUT2D eigenvalue weighted by Gasteiger charge is 2.24. The number of rotatable bonds is 1. The van der Waals surface area contributed by atoms with Gasteiger partial charge < -0.3 is 10.6 Å². The molecule has 1 saturated heterocycles. The second-order valence-electron chi connectivity index (χ2n) is 3.81. The van der Waals surface area contributed by atoms with E-state index >= 15 is 0 Å². The number of nitrogens with zero attached hydrogens (tertiary/aromatic N) is 1. The number of halogens is 2. The highest BCUT2D eigenvalue weighted by molar-refractivity contribution is 9.10. The van der Waals surface area contributed by atoms with Crippen molar-refractivity contribution in [3.05, 3.63) is 34.3 Å². The summed E-state index contributed by atoms with van der Waals surface area (Å²) < 4.78 is 0.983. The third-order valence-electron chi connectivity index (χ3n) is 2.60. The molecule has 0 aliphatic carbocycles. The van der Waals surface area contributed by atoms with Crippen LogP contribution < -0.4 is 5.73 Å². The minimum absolute atomic E-state index is 0. The van der Waals surface area contributed by atoms with Crippen molar-refractivity contribution in [3.63, 3.8) is 0 Å². The summed E-state index contributed by atoms with van der Waals surface area (Å²) in [7, 11) is 0. The molecule has 16 heavy (non-hydrogen) atoms. The van der Waals surface area contributed by atoms with Crippen molar-refractivity contribution in [2.24, 2.45) is 5.73 Å². The maximum atomic E-state index is 12.0. The molecule has 1 aliphatic heterocycles. The molecular formula is C11H14BrClN2O. The largest absolute Gasteiger partial charge is 0.337 e. The lowest BCUT2D eigenvalue weighted by molar-refractivity contribution is 0.0791. The van der Waals surface area contributed by atoms with Gasteiger partial charge in [0.05, 0.1) is 0 Å². The lowest BCUT2D eigenvalue weighted by Gasteiger charge is -2.15. The van der Waals surface area contributed by atoms with Crippen LogP contribution >= 0.6 is 28.3 Å². The van der Waals surface area contributed by atoms with Crippen LogP contribution in [0, 0.1) is 0 Å². The molecule has 2 N–H and O–H groups in total. The van der Waals surface area contributed by atoms with Crippen LogP contribution in [0.2, 0.25) is 0 Å². The van der Waals surface area contributed by atoms with Gasteiger partial charge in [-0.2, -0.15) is 0 Å². The number of amides is 1. The molecule has 0 aromatic heterocycles. The molecule has 1 aromatic rings. The van der Waals surface area contributed by atoms with Gasteiger partial charge in [-0.25, -0.2) is 0 Å². The van der Waals surface area contributed by atoms with Crippen molar-refractivity contribution < 1.29 is 4.79 Å². The van der Waals surface area contributed by atoms with E-state index in [1.165, 1.54) is 0 Å². The molecule has 0 unspecified atom stereocenters. The molecule has 1 aromatic carbocycles. The van der Waals surface area contributed by atoms with Crippen molar-refractivity contribution in [1.82, 2.24) is 4.90 Å². The first-order chi connectivity index (χ1) is 7.16. The molecule has 0 saturated carbocycles. The summed E-state index contributed by atoms with van der Waals surface area (Å²) in [5, 5.41) is 0. The number of carbonyl (C=O) groups excluding carboxylic acids is 1. The lowest BCUT2D eigenvalue weighted by atomic mass is 10.2. The molecule has 1 fully saturated rings. The Morgan fingerprint density at radius 1 is 1.38 bits per heavy atom. The first kappa shape index (κ1) is 13.5. The monoisotopic (exact) mass is 304 g/mol. The summed E-state index contributed by atoms with van der Waals surface area (Å²) in [6, 6.07) is 7.56. The van der Waals surface area contributed by atoms with Crippen LogP contribution in [0.3, 0.4) is 0 Å². The van der Waals surface area contributed by atoms with E-state index in [2.05, 4.69) is 15.9 Å². The van der Waals surface area contributed by atoms with Crippen molar-refractivity contribution in [1.29, 1.82) is 0 Å². The van der Waals surface area contributed by atoms with Crippen LogP contribution in [0.25, 0.3) is 0 Å². The summed E-state index contributed by atoms with van der Waals surface area (Å²) in [6.45, 7) is 1.45. The minimum atomic E-state index is 0. The Kier molecular flexibility index (Phi) is 4.77. The molecule has 1 atom stereocenters. The van der Waals surface area contributed by atoms with Crippen molar-refractivity contribution in [2.75, 3.05) is 13.1 Å². The zero-order valence-electron chi connectivity index (χ0n) is 8.73. The van der Waals surface area contributed by atoms with Gasteiger partial charge in [0.25, 0.3) is 5.91 Å². The predicted molar refractivity (Wildman–Crippen MR) is 69.9 cm³/mol. The topological polar surface area (TPSA) is 46.3 Å². The van der Waals surface area contributed by atoms with Gasteiger partial charge in [0.15, 0.2) is 0 Å². The Labute approximate surface area is 110 Å². The normalized spacial score (nSPS) is 19.4. The molecular weight excluding hydrogens is 291 g/mol. The average Bonchev–Trinajstić information content (AvgIpc) is 2.65. The maximum Gasteiger partial charge on any atom is 0.253 e. The van der Waals surface area contributed by atoms with E-state index in [9.17, 15) is 4.79 Å². The smallest absolute Gasteiger partial charge is 0.253 e. The second-order valence-corrected chi connectivity index (χ2v) is 4.72. The van der Waals surface area contributed by atoms with Gasteiger partial charge in [-0.1, -0.05) is 15.9 Å². The van der Waals surface area contributed by atoms with Crippen LogP contribution in [-0.2, 0) is 0 Å². The molecule has 0 spiro atoms. The van der Waals surface area contributed by atoms with Gasteiger partial charge in [0.2, 0.25) is 0 Å². The molecule has 1 heterocycles. The molecule has 5 heteroatoms. The SMILES string of the molecule is Cl.N[C@@H]1CCN(C(=O)c2ccc(Br)cc2)C1. The fourth-order valence-corrected chi connectivity index (χ4v) is 2.01. The summed E-state index contributed by atoms with van der Waals surface area (Å²) >= 11 is 3.34. The predicted octanol–water partition coefficient (Wildman–Crippen LogP) is 2.04. The minimum Gasteiger partial charge on any atom is -0.337 e. The number of hydrogen-bond acceptors (Lipinski definition) is 2. The van der Waals surface area contributed by atoms with Crippen LogP contribution in [0.4, 0.5) is 0 Å². The van der Waals surface area contributed by atoms with E-state index in [1.807, 2.05) is 29.2 Å². The Bertz CT molecular complexity index is 369. The molecule has 3 nitrogen and oxygen atoms in total. The molecule has 88 valence electrons. The van der Waals surface area contributed by atoms with Gasteiger partial charge in [-0.3, -0.25) is 4.79 Å². The third kappa shape index (κ3) is 2.97. The van der Waals surface area contributed by atoms with E-state index in [4.69, 9.17) is 5.73 Å². The fourth-order valence-electron chi connectivity index (χ4n) is 1.75. The van der Waals surface area contributed by atoms with E-state index in [0.29, 0.717) is 6.54 Å². The van der Waals surface area contributed by atoms with Crippen molar-refractivity contribution >= 4 is 34.2 Å². The van der Waals surface area contributed by atoms with Crippen LogP contribution in [0.1, 0.15) is 16.8 Å². The molecule has 1 aliphatic rings. The van der Waals surface area contributed by atoms with Crippen molar-refractivity contribution in [2.45, 2.75) is 12.5 Å². The maximum absolute atomic E-state index is 12.0. The van der Waals surface area contributed by atoms with Crippen molar-refractivity contribution in [3.8, 4) is 0 Å². The Morgan fingerprint density at radius 2 is 2.00 bits per heavy atom. The van der Waals surface area contributed by atoms with E-state index in [1.54, 1.807) is 0 Å². The Hall–Kier alpha value is -0.580. The fraction of sp³-hybridized carbons (Fsp3) is 0.364. The van der Waals surface area contributed by atoms with Gasteiger partial charge in [-0.05, 0) is 30.7 Å². The molecule has 1 amide bonds. The Morgan fingerprint density at radius 3 is 2.50 bits per heavy atom. The highest BCUT2D eigenvalue weighted by Crippen LogP contribution is 2.15. The summed E-state index contributed by atoms with van der Waals surface area (Å²) in [5.74, 6) is 0.0791. The summed E-state index contributed by atoms with van der Waals surface area (Å²) in [6.07, 6.45) is 0.905. The number of hydrogen-bond donors (Lipinski definition) is 1. The van der Waals surface area contributed by atoms with Crippen LogP contribution in [0.5, 0.6) is 0 Å². The number of carbonyl (C=O) groups is 1. The molecule has 0 bridgehead atoms. The van der Waals surface area contributed by atoms with E-state index in [-0.39, 0.29) is 24.4 Å². The zero-order chi connectivity index (χ0) is 10.8. The zero-order valence-corrected chi connectivity index (χ0v) is 11.1. The number of benzene rings is 1. The quantitative estimate of drug-likeness (QED) is 0.863. The van der Waals surface area contributed by atoms with Crippen LogP contribution in [-0.4, -0.2) is 29.9 Å². The average molecular weight is 306 g/mol. The first-order valence-corrected chi connectivity index (χ1v) is 5.76. The van der Waals surface area contributed by atoms with Gasteiger partial charge in [0, 0.05) is 29.2 Å². The third-order valence-corrected chi connectivity index (χ3v) is 3.13. The number of likely N-dealkylation sites (tertiary alicyclic amines) is 1. The van der Waals surface area contributed by atoms with Gasteiger partial charge >= 0.3 is 0 Å². The molecule has 0 radical (unpaired) electrons. The highest BCUT2D eigenvalue weighted by atomic mass is 79.9. The summed E-state index contributed by atoms with van der Waals surface area (Å²) in [4.78, 5) is 13.8. The van der Waals surface area contributed by atoms with E-state index < -0.39 is 0 Å². The first-order valence-electron chi connectivity index (χ1n) is 4.97. The second kappa shape index (κ2) is 5.66. The van der Waals surface area contributed by atoms with E-state index in [0.717, 1.165) is 23.0 Å². The van der Waals surface area contributed by atoms with Gasteiger partial charge in [-0.15, -0.1) is 12.4 Å². The lowest BCUT2D eigenvalue weighted by Crippen LogP contribution is -2.31. The standard InChI is InChI=1S/C11H13BrN2O.ClH/c12-9-3-1-8(2-4-9)11(15)14-6-5-10(13)7-14;/h1-4,10H,5-7,13H2;1H/t10-;/m1./s1. The van der Waals surface area contributed by atoms with Gasteiger partial charge in [0.1, 0.15) is 0 Å². The molecule has 2 rings (SSSR count). The Balaban J connectivity index is 0.00000128. The van der Waals surface area contributed by atoms with Crippen LogP contribution in [0.15, 0.2) is 28.7 Å².